The highest BCUT2D eigenvalue weighted by molar-refractivity contribution is 6.31. The van der Waals surface area contributed by atoms with E-state index in [2.05, 4.69) is 0 Å². The lowest BCUT2D eigenvalue weighted by molar-refractivity contribution is -0.119. The van der Waals surface area contributed by atoms with Crippen molar-refractivity contribution in [1.29, 1.82) is 0 Å². The molecule has 2 aromatic carbocycles. The van der Waals surface area contributed by atoms with Gasteiger partial charge in [0.05, 0.1) is 18.3 Å². The fourth-order valence-corrected chi connectivity index (χ4v) is 3.36. The van der Waals surface area contributed by atoms with Crippen LogP contribution in [0.2, 0.25) is 5.02 Å². The number of nitrogens with zero attached hydrogens (tertiary/aromatic N) is 2. The van der Waals surface area contributed by atoms with Crippen LogP contribution in [0.1, 0.15) is 17.7 Å². The highest BCUT2D eigenvalue weighted by atomic mass is 35.5. The smallest absolute Gasteiger partial charge is 0.419 e. The van der Waals surface area contributed by atoms with Gasteiger partial charge >= 0.3 is 5.76 Å². The number of hydrogen-bond acceptors (Lipinski definition) is 4. The molecule has 0 aliphatic rings. The van der Waals surface area contributed by atoms with Crippen LogP contribution < -0.4 is 10.7 Å². The molecular weight excluding hydrogens is 392 g/mol. The van der Waals surface area contributed by atoms with E-state index in [1.807, 2.05) is 37.3 Å². The van der Waals surface area contributed by atoms with Crippen LogP contribution in [0.25, 0.3) is 11.1 Å². The molecule has 0 saturated heterocycles. The summed E-state index contributed by atoms with van der Waals surface area (Å²) in [4.78, 5) is 26.9. The summed E-state index contributed by atoms with van der Waals surface area (Å²) in [6.45, 7) is 2.50. The van der Waals surface area contributed by atoms with Crippen molar-refractivity contribution in [1.82, 2.24) is 4.57 Å². The summed E-state index contributed by atoms with van der Waals surface area (Å²) in [7, 11) is 0. The number of rotatable bonds is 6. The molecule has 0 N–H and O–H groups in total. The van der Waals surface area contributed by atoms with Gasteiger partial charge in [0, 0.05) is 29.7 Å². The third-order valence-corrected chi connectivity index (χ3v) is 4.96. The zero-order valence-electron chi connectivity index (χ0n) is 15.8. The van der Waals surface area contributed by atoms with Gasteiger partial charge in [-0.25, -0.2) is 4.79 Å². The first-order valence-electron chi connectivity index (χ1n) is 9.19. The molecule has 4 rings (SSSR count). The molecule has 0 atom stereocenters. The molecule has 0 saturated carbocycles. The maximum atomic E-state index is 13.1. The average Bonchev–Trinajstić information content (AvgIpc) is 3.32. The number of hydrogen-bond donors (Lipinski definition) is 0. The van der Waals surface area contributed by atoms with E-state index in [9.17, 15) is 9.59 Å². The zero-order valence-corrected chi connectivity index (χ0v) is 16.6. The van der Waals surface area contributed by atoms with Gasteiger partial charge in [0.15, 0.2) is 5.58 Å². The Morgan fingerprint density at radius 1 is 1.14 bits per heavy atom. The van der Waals surface area contributed by atoms with Crippen molar-refractivity contribution < 1.29 is 13.6 Å². The molecule has 0 aliphatic heterocycles. The Kier molecular flexibility index (Phi) is 5.27. The van der Waals surface area contributed by atoms with Crippen LogP contribution >= 0.6 is 11.6 Å². The van der Waals surface area contributed by atoms with Crippen molar-refractivity contribution in [3.63, 3.8) is 0 Å². The van der Waals surface area contributed by atoms with Gasteiger partial charge in [0.1, 0.15) is 5.76 Å². The summed E-state index contributed by atoms with van der Waals surface area (Å²) in [5.41, 5.74) is 2.89. The summed E-state index contributed by atoms with van der Waals surface area (Å²) in [5.74, 6) is 0.0444. The number of oxazole rings is 1. The standard InChI is InChI=1S/C22H19ClN2O4/c1-15-4-7-17(8-5-15)25(14-18-3-2-12-28-18)21(26)10-11-24-19-9-6-16(23)13-20(19)29-22(24)27/h2-9,12-13H,10-11,14H2,1H3. The molecule has 0 bridgehead atoms. The minimum Gasteiger partial charge on any atom is -0.467 e. The number of carbonyl (C=O) groups excluding carboxylic acids is 1. The van der Waals surface area contributed by atoms with E-state index < -0.39 is 5.76 Å². The van der Waals surface area contributed by atoms with Gasteiger partial charge in [-0.15, -0.1) is 0 Å². The molecule has 4 aromatic rings. The van der Waals surface area contributed by atoms with Crippen LogP contribution in [-0.2, 0) is 17.9 Å². The minimum absolute atomic E-state index is 0.125. The summed E-state index contributed by atoms with van der Waals surface area (Å²) in [5, 5.41) is 0.485. The van der Waals surface area contributed by atoms with Crippen molar-refractivity contribution >= 4 is 34.3 Å². The normalized spacial score (nSPS) is 11.1. The Labute approximate surface area is 171 Å². The number of furan rings is 1. The van der Waals surface area contributed by atoms with Gasteiger partial charge in [-0.2, -0.15) is 0 Å². The van der Waals surface area contributed by atoms with Gasteiger partial charge in [0.2, 0.25) is 5.91 Å². The summed E-state index contributed by atoms with van der Waals surface area (Å²) in [6.07, 6.45) is 1.71. The van der Waals surface area contributed by atoms with Gasteiger partial charge in [-0.3, -0.25) is 9.36 Å². The molecule has 2 aromatic heterocycles. The SMILES string of the molecule is Cc1ccc(N(Cc2ccco2)C(=O)CCn2c(=O)oc3cc(Cl)ccc32)cc1. The lowest BCUT2D eigenvalue weighted by Gasteiger charge is -2.22. The third kappa shape index (κ3) is 4.12. The predicted octanol–water partition coefficient (Wildman–Crippen LogP) is 4.77. The highest BCUT2D eigenvalue weighted by Crippen LogP contribution is 2.21. The molecule has 1 amide bonds. The molecule has 7 heteroatoms. The van der Waals surface area contributed by atoms with Crippen LogP contribution in [0.4, 0.5) is 5.69 Å². The molecule has 0 fully saturated rings. The second kappa shape index (κ2) is 8.01. The number of amides is 1. The second-order valence-corrected chi connectivity index (χ2v) is 7.21. The van der Waals surface area contributed by atoms with E-state index in [4.69, 9.17) is 20.4 Å². The van der Waals surface area contributed by atoms with Crippen LogP contribution in [0.5, 0.6) is 0 Å². The van der Waals surface area contributed by atoms with Crippen molar-refractivity contribution in [3.05, 3.63) is 87.8 Å². The highest BCUT2D eigenvalue weighted by Gasteiger charge is 2.19. The van der Waals surface area contributed by atoms with E-state index in [0.717, 1.165) is 11.3 Å². The number of aryl methyl sites for hydroxylation is 2. The van der Waals surface area contributed by atoms with E-state index in [1.165, 1.54) is 4.57 Å². The monoisotopic (exact) mass is 410 g/mol. The Bertz CT molecular complexity index is 1190. The van der Waals surface area contributed by atoms with Crippen LogP contribution in [0.3, 0.4) is 0 Å². The lowest BCUT2D eigenvalue weighted by Crippen LogP contribution is -2.31. The Hall–Kier alpha value is -3.25. The first kappa shape index (κ1) is 19.1. The van der Waals surface area contributed by atoms with E-state index in [0.29, 0.717) is 28.4 Å². The number of fused-ring (bicyclic) bond motifs is 1. The molecule has 29 heavy (non-hydrogen) atoms. The summed E-state index contributed by atoms with van der Waals surface area (Å²) < 4.78 is 12.1. The number of anilines is 1. The van der Waals surface area contributed by atoms with E-state index in [1.54, 1.807) is 35.4 Å². The van der Waals surface area contributed by atoms with Gasteiger partial charge < -0.3 is 13.7 Å². The number of halogens is 1. The summed E-state index contributed by atoms with van der Waals surface area (Å²) in [6, 6.07) is 16.3. The number of benzene rings is 2. The molecule has 148 valence electrons. The largest absolute Gasteiger partial charge is 0.467 e. The van der Waals surface area contributed by atoms with Crippen molar-refractivity contribution in [2.45, 2.75) is 26.4 Å². The third-order valence-electron chi connectivity index (χ3n) is 4.72. The lowest BCUT2D eigenvalue weighted by atomic mass is 10.2. The number of carbonyl (C=O) groups is 1. The van der Waals surface area contributed by atoms with E-state index in [-0.39, 0.29) is 18.9 Å². The predicted molar refractivity (Wildman–Crippen MR) is 111 cm³/mol. The van der Waals surface area contributed by atoms with Gasteiger partial charge in [-0.1, -0.05) is 29.3 Å². The molecular formula is C22H19ClN2O4. The molecule has 0 spiro atoms. The fourth-order valence-electron chi connectivity index (χ4n) is 3.20. The molecule has 2 heterocycles. The average molecular weight is 411 g/mol. The Morgan fingerprint density at radius 2 is 1.93 bits per heavy atom. The van der Waals surface area contributed by atoms with E-state index >= 15 is 0 Å². The Balaban J connectivity index is 1.57. The van der Waals surface area contributed by atoms with Crippen LogP contribution in [-0.4, -0.2) is 10.5 Å². The first-order chi connectivity index (χ1) is 14.0. The summed E-state index contributed by atoms with van der Waals surface area (Å²) >= 11 is 5.95. The second-order valence-electron chi connectivity index (χ2n) is 6.78. The Morgan fingerprint density at radius 3 is 2.66 bits per heavy atom. The maximum Gasteiger partial charge on any atom is 0.419 e. The zero-order chi connectivity index (χ0) is 20.4. The van der Waals surface area contributed by atoms with Crippen LogP contribution in [0.15, 0.2) is 74.5 Å². The minimum atomic E-state index is -0.511. The molecule has 0 unspecified atom stereocenters. The molecule has 0 radical (unpaired) electrons. The molecule has 0 aliphatic carbocycles. The van der Waals surface area contributed by atoms with Crippen LogP contribution in [0, 0.1) is 6.92 Å². The van der Waals surface area contributed by atoms with Crippen molar-refractivity contribution in [3.8, 4) is 0 Å². The maximum absolute atomic E-state index is 13.1. The van der Waals surface area contributed by atoms with Gasteiger partial charge in [0.25, 0.3) is 0 Å². The van der Waals surface area contributed by atoms with Crippen molar-refractivity contribution in [2.24, 2.45) is 0 Å². The quantitative estimate of drug-likeness (QED) is 0.459. The molecule has 6 nitrogen and oxygen atoms in total. The number of aromatic nitrogens is 1. The topological polar surface area (TPSA) is 68.6 Å². The first-order valence-corrected chi connectivity index (χ1v) is 9.57. The van der Waals surface area contributed by atoms with Gasteiger partial charge in [-0.05, 0) is 43.3 Å². The van der Waals surface area contributed by atoms with Crippen molar-refractivity contribution in [2.75, 3.05) is 4.90 Å². The fraction of sp³-hybridized carbons (Fsp3) is 0.182.